The van der Waals surface area contributed by atoms with Crippen molar-refractivity contribution in [1.29, 1.82) is 0 Å². The Morgan fingerprint density at radius 3 is 2.22 bits per heavy atom. The van der Waals surface area contributed by atoms with Gasteiger partial charge in [-0.1, -0.05) is 64.7 Å². The lowest BCUT2D eigenvalue weighted by Crippen LogP contribution is -2.15. The molecule has 1 saturated heterocycles. The Hall–Kier alpha value is -1.45. The standard InChI is InChI=1S/C24H38O3/c1-4-7-8-9-10-14-17-22-23(27-22)19-21(6-3)20(5-2)16-13-11-12-15-18-24(25)26/h2-3,20-23H,4,7-19H2,1H3,(H,25,26). The molecule has 1 fully saturated rings. The van der Waals surface area contributed by atoms with E-state index >= 15 is 0 Å². The summed E-state index contributed by atoms with van der Waals surface area (Å²) in [6.07, 6.45) is 27.0. The highest BCUT2D eigenvalue weighted by molar-refractivity contribution is 5.66. The van der Waals surface area contributed by atoms with Crippen molar-refractivity contribution < 1.29 is 14.6 Å². The van der Waals surface area contributed by atoms with E-state index in [2.05, 4.69) is 18.8 Å². The van der Waals surface area contributed by atoms with Gasteiger partial charge in [0.05, 0.1) is 12.2 Å². The first kappa shape index (κ1) is 23.6. The first-order valence-corrected chi connectivity index (χ1v) is 10.9. The van der Waals surface area contributed by atoms with Crippen LogP contribution >= 0.6 is 0 Å². The highest BCUT2D eigenvalue weighted by atomic mass is 16.6. The number of carboxylic acids is 1. The number of hydrogen-bond donors (Lipinski definition) is 1. The lowest BCUT2D eigenvalue weighted by atomic mass is 9.85. The molecule has 0 aromatic carbocycles. The van der Waals surface area contributed by atoms with E-state index in [9.17, 15) is 4.79 Å². The molecule has 1 aliphatic heterocycles. The molecule has 27 heavy (non-hydrogen) atoms. The zero-order valence-corrected chi connectivity index (χ0v) is 17.1. The molecule has 0 aromatic rings. The Bertz CT molecular complexity index is 485. The SMILES string of the molecule is C#CC(CCCCCCC(=O)O)C(C#C)CC1OC1CCCCCCCC. The number of rotatable bonds is 17. The monoisotopic (exact) mass is 374 g/mol. The van der Waals surface area contributed by atoms with E-state index in [1.807, 2.05) is 0 Å². The molecule has 0 bridgehead atoms. The van der Waals surface area contributed by atoms with Crippen molar-refractivity contribution in [2.24, 2.45) is 11.8 Å². The van der Waals surface area contributed by atoms with Crippen LogP contribution in [0.4, 0.5) is 0 Å². The van der Waals surface area contributed by atoms with E-state index < -0.39 is 5.97 Å². The van der Waals surface area contributed by atoms with E-state index in [1.165, 1.54) is 38.5 Å². The number of epoxide rings is 1. The highest BCUT2D eigenvalue weighted by Gasteiger charge is 2.40. The van der Waals surface area contributed by atoms with Gasteiger partial charge in [0.1, 0.15) is 0 Å². The molecule has 0 radical (unpaired) electrons. The first-order chi connectivity index (χ1) is 13.1. The van der Waals surface area contributed by atoms with Crippen LogP contribution in [-0.4, -0.2) is 23.3 Å². The minimum Gasteiger partial charge on any atom is -0.481 e. The van der Waals surface area contributed by atoms with E-state index in [0.717, 1.165) is 44.9 Å². The molecular weight excluding hydrogens is 336 g/mol. The van der Waals surface area contributed by atoms with Crippen LogP contribution < -0.4 is 0 Å². The third kappa shape index (κ3) is 11.1. The molecule has 0 aromatic heterocycles. The molecule has 0 saturated carbocycles. The van der Waals surface area contributed by atoms with Crippen LogP contribution in [0.3, 0.4) is 0 Å². The Labute approximate surface area is 166 Å². The minimum atomic E-state index is -0.719. The summed E-state index contributed by atoms with van der Waals surface area (Å²) >= 11 is 0. The summed E-state index contributed by atoms with van der Waals surface area (Å²) in [5.41, 5.74) is 0. The molecular formula is C24H38O3. The van der Waals surface area contributed by atoms with Crippen LogP contribution in [0, 0.1) is 36.5 Å². The largest absolute Gasteiger partial charge is 0.481 e. The summed E-state index contributed by atoms with van der Waals surface area (Å²) in [4.78, 5) is 10.5. The third-order valence-corrected chi connectivity index (χ3v) is 5.59. The summed E-state index contributed by atoms with van der Waals surface area (Å²) < 4.78 is 5.83. The molecule has 0 amide bonds. The van der Waals surface area contributed by atoms with Crippen LogP contribution in [0.25, 0.3) is 0 Å². The number of carbonyl (C=O) groups is 1. The first-order valence-electron chi connectivity index (χ1n) is 10.9. The highest BCUT2D eigenvalue weighted by Crippen LogP contribution is 2.35. The van der Waals surface area contributed by atoms with Crippen LogP contribution in [0.2, 0.25) is 0 Å². The third-order valence-electron chi connectivity index (χ3n) is 5.59. The molecule has 3 heteroatoms. The molecule has 1 rings (SSSR count). The van der Waals surface area contributed by atoms with Crippen molar-refractivity contribution in [2.45, 2.75) is 109 Å². The second-order valence-corrected chi connectivity index (χ2v) is 7.90. The maximum atomic E-state index is 10.5. The Kier molecular flexibility index (Phi) is 12.7. The van der Waals surface area contributed by atoms with Crippen molar-refractivity contribution in [3.05, 3.63) is 0 Å². The van der Waals surface area contributed by atoms with Crippen molar-refractivity contribution in [3.8, 4) is 24.7 Å². The quantitative estimate of drug-likeness (QED) is 0.198. The van der Waals surface area contributed by atoms with Gasteiger partial charge in [0.2, 0.25) is 0 Å². The van der Waals surface area contributed by atoms with Crippen molar-refractivity contribution in [3.63, 3.8) is 0 Å². The lowest BCUT2D eigenvalue weighted by Gasteiger charge is -2.17. The fourth-order valence-electron chi connectivity index (χ4n) is 3.76. The second kappa shape index (κ2) is 14.6. The number of terminal acetylenes is 2. The zero-order valence-electron chi connectivity index (χ0n) is 17.1. The number of ether oxygens (including phenoxy) is 1. The topological polar surface area (TPSA) is 49.8 Å². The molecule has 0 spiro atoms. The van der Waals surface area contributed by atoms with E-state index in [1.54, 1.807) is 0 Å². The van der Waals surface area contributed by atoms with Crippen molar-refractivity contribution in [1.82, 2.24) is 0 Å². The van der Waals surface area contributed by atoms with Gasteiger partial charge in [-0.05, 0) is 25.7 Å². The van der Waals surface area contributed by atoms with Gasteiger partial charge in [0.25, 0.3) is 0 Å². The summed E-state index contributed by atoms with van der Waals surface area (Å²) in [6.45, 7) is 2.24. The zero-order chi connectivity index (χ0) is 19.9. The number of unbranched alkanes of at least 4 members (excludes halogenated alkanes) is 8. The molecule has 152 valence electrons. The van der Waals surface area contributed by atoms with E-state index in [0.29, 0.717) is 12.2 Å². The number of hydrogen-bond acceptors (Lipinski definition) is 2. The maximum absolute atomic E-state index is 10.5. The Morgan fingerprint density at radius 2 is 1.56 bits per heavy atom. The molecule has 4 atom stereocenters. The Morgan fingerprint density at radius 1 is 0.926 bits per heavy atom. The molecule has 1 aliphatic rings. The molecule has 1 N–H and O–H groups in total. The lowest BCUT2D eigenvalue weighted by molar-refractivity contribution is -0.137. The van der Waals surface area contributed by atoms with Gasteiger partial charge in [0.15, 0.2) is 0 Å². The average Bonchev–Trinajstić information content (AvgIpc) is 3.40. The van der Waals surface area contributed by atoms with Gasteiger partial charge < -0.3 is 9.84 Å². The van der Waals surface area contributed by atoms with Gasteiger partial charge in [-0.25, -0.2) is 0 Å². The van der Waals surface area contributed by atoms with Crippen LogP contribution in [0.1, 0.15) is 96.8 Å². The fraction of sp³-hybridized carbons (Fsp3) is 0.792. The molecule has 4 unspecified atom stereocenters. The van der Waals surface area contributed by atoms with Gasteiger partial charge in [-0.3, -0.25) is 4.79 Å². The normalized spacial score (nSPS) is 20.4. The van der Waals surface area contributed by atoms with Crippen LogP contribution in [0.15, 0.2) is 0 Å². The van der Waals surface area contributed by atoms with Gasteiger partial charge in [0, 0.05) is 18.3 Å². The van der Waals surface area contributed by atoms with Gasteiger partial charge in [-0.15, -0.1) is 24.7 Å². The van der Waals surface area contributed by atoms with Crippen LogP contribution in [-0.2, 0) is 9.53 Å². The Balaban J connectivity index is 2.15. The average molecular weight is 375 g/mol. The van der Waals surface area contributed by atoms with E-state index in [4.69, 9.17) is 22.7 Å². The van der Waals surface area contributed by atoms with Gasteiger partial charge >= 0.3 is 5.97 Å². The predicted octanol–water partition coefficient (Wildman–Crippen LogP) is 5.82. The summed E-state index contributed by atoms with van der Waals surface area (Å²) in [6, 6.07) is 0. The summed E-state index contributed by atoms with van der Waals surface area (Å²) in [5, 5.41) is 8.65. The van der Waals surface area contributed by atoms with Gasteiger partial charge in [-0.2, -0.15) is 0 Å². The smallest absolute Gasteiger partial charge is 0.303 e. The minimum absolute atomic E-state index is 0.0913. The number of aliphatic carboxylic acids is 1. The van der Waals surface area contributed by atoms with E-state index in [-0.39, 0.29) is 18.3 Å². The van der Waals surface area contributed by atoms with Crippen molar-refractivity contribution >= 4 is 5.97 Å². The van der Waals surface area contributed by atoms with Crippen LogP contribution in [0.5, 0.6) is 0 Å². The maximum Gasteiger partial charge on any atom is 0.303 e. The number of carboxylic acid groups (broad SMARTS) is 1. The summed E-state index contributed by atoms with van der Waals surface area (Å²) in [7, 11) is 0. The second-order valence-electron chi connectivity index (χ2n) is 7.90. The predicted molar refractivity (Wildman–Crippen MR) is 111 cm³/mol. The molecule has 1 heterocycles. The molecule has 0 aliphatic carbocycles. The fourth-order valence-corrected chi connectivity index (χ4v) is 3.76. The van der Waals surface area contributed by atoms with Crippen molar-refractivity contribution in [2.75, 3.05) is 0 Å². The summed E-state index contributed by atoms with van der Waals surface area (Å²) in [5.74, 6) is 5.27. The molecule has 3 nitrogen and oxygen atoms in total.